The number of sulfonamides is 1. The summed E-state index contributed by atoms with van der Waals surface area (Å²) in [5.74, 6) is 0.511. The molecule has 7 nitrogen and oxygen atoms in total. The maximum Gasteiger partial charge on any atom is 0.268 e. The number of carbonyl (C=O) groups is 1. The van der Waals surface area contributed by atoms with Gasteiger partial charge in [-0.05, 0) is 50.3 Å². The molecule has 2 saturated heterocycles. The first-order chi connectivity index (χ1) is 12.3. The lowest BCUT2D eigenvalue weighted by Gasteiger charge is -2.30. The Bertz CT molecular complexity index is 758. The lowest BCUT2D eigenvalue weighted by molar-refractivity contribution is 0.0906. The van der Waals surface area contributed by atoms with Crippen LogP contribution >= 0.6 is 0 Å². The van der Waals surface area contributed by atoms with Gasteiger partial charge in [-0.25, -0.2) is 8.42 Å². The number of hydrogen-bond donors (Lipinski definition) is 2. The number of carbonyl (C=O) groups excluding carboxylic acids is 1. The van der Waals surface area contributed by atoms with E-state index in [1.165, 1.54) is 6.07 Å². The average molecular weight is 383 g/mol. The van der Waals surface area contributed by atoms with Crippen molar-refractivity contribution in [1.29, 1.82) is 0 Å². The molecule has 26 heavy (non-hydrogen) atoms. The fourth-order valence-electron chi connectivity index (χ4n) is 3.89. The molecule has 0 radical (unpaired) electrons. The molecule has 0 aromatic carbocycles. The van der Waals surface area contributed by atoms with Crippen molar-refractivity contribution in [1.82, 2.24) is 19.5 Å². The molecular weight excluding hydrogens is 352 g/mol. The van der Waals surface area contributed by atoms with Crippen molar-refractivity contribution in [3.05, 3.63) is 18.0 Å². The van der Waals surface area contributed by atoms with Crippen LogP contribution in [0.3, 0.4) is 0 Å². The molecule has 1 aromatic rings. The predicted octanol–water partition coefficient (Wildman–Crippen LogP) is 1.17. The highest BCUT2D eigenvalue weighted by Gasteiger charge is 2.31. The van der Waals surface area contributed by atoms with Gasteiger partial charge in [-0.2, -0.15) is 4.31 Å². The molecular formula is C18H30N4O3S. The third kappa shape index (κ3) is 3.97. The van der Waals surface area contributed by atoms with E-state index in [1.54, 1.807) is 22.1 Å². The Kier molecular flexibility index (Phi) is 5.74. The van der Waals surface area contributed by atoms with Gasteiger partial charge in [0.05, 0.1) is 0 Å². The summed E-state index contributed by atoms with van der Waals surface area (Å²) >= 11 is 0. The number of amides is 1. The number of nitrogens with zero attached hydrogens (tertiary/aromatic N) is 2. The van der Waals surface area contributed by atoms with Crippen molar-refractivity contribution in [3.63, 3.8) is 0 Å². The molecule has 3 unspecified atom stereocenters. The lowest BCUT2D eigenvalue weighted by Crippen LogP contribution is -2.48. The number of hydrogen-bond acceptors (Lipinski definition) is 4. The molecule has 146 valence electrons. The molecule has 1 aromatic heterocycles. The SMILES string of the molecule is CC1CCCN(S(=O)(=O)c2cc(C(=O)NC3CCNCC3C)n(C)c2)C1. The molecule has 0 spiro atoms. The second kappa shape index (κ2) is 7.70. The van der Waals surface area contributed by atoms with Crippen molar-refractivity contribution in [2.45, 2.75) is 44.0 Å². The van der Waals surface area contributed by atoms with E-state index in [9.17, 15) is 13.2 Å². The topological polar surface area (TPSA) is 83.4 Å². The van der Waals surface area contributed by atoms with Crippen LogP contribution in [-0.2, 0) is 17.1 Å². The summed E-state index contributed by atoms with van der Waals surface area (Å²) in [4.78, 5) is 12.9. The van der Waals surface area contributed by atoms with Crippen LogP contribution in [0.2, 0.25) is 0 Å². The van der Waals surface area contributed by atoms with Gasteiger partial charge in [-0.15, -0.1) is 0 Å². The third-order valence-corrected chi connectivity index (χ3v) is 7.40. The van der Waals surface area contributed by atoms with Crippen molar-refractivity contribution in [3.8, 4) is 0 Å². The molecule has 8 heteroatoms. The summed E-state index contributed by atoms with van der Waals surface area (Å²) in [6, 6.07) is 1.62. The predicted molar refractivity (Wildman–Crippen MR) is 100 cm³/mol. The van der Waals surface area contributed by atoms with Gasteiger partial charge in [0.2, 0.25) is 10.0 Å². The maximum atomic E-state index is 12.9. The summed E-state index contributed by atoms with van der Waals surface area (Å²) in [7, 11) is -1.83. The van der Waals surface area contributed by atoms with E-state index < -0.39 is 10.0 Å². The van der Waals surface area contributed by atoms with Crippen LogP contribution in [0.25, 0.3) is 0 Å². The fourth-order valence-corrected chi connectivity index (χ4v) is 5.56. The van der Waals surface area contributed by atoms with E-state index in [4.69, 9.17) is 0 Å². The normalized spacial score (nSPS) is 28.0. The minimum Gasteiger partial charge on any atom is -0.348 e. The highest BCUT2D eigenvalue weighted by molar-refractivity contribution is 7.89. The third-order valence-electron chi connectivity index (χ3n) is 5.57. The number of aryl methyl sites for hydroxylation is 1. The Hall–Kier alpha value is -1.38. The van der Waals surface area contributed by atoms with E-state index in [0.29, 0.717) is 30.6 Å². The van der Waals surface area contributed by atoms with Crippen LogP contribution in [0.4, 0.5) is 0 Å². The zero-order valence-electron chi connectivity index (χ0n) is 15.9. The average Bonchev–Trinajstić information content (AvgIpc) is 2.99. The minimum absolute atomic E-state index is 0.113. The molecule has 0 aliphatic carbocycles. The van der Waals surface area contributed by atoms with E-state index >= 15 is 0 Å². The number of nitrogens with one attached hydrogen (secondary N) is 2. The quantitative estimate of drug-likeness (QED) is 0.819. The molecule has 0 bridgehead atoms. The van der Waals surface area contributed by atoms with E-state index in [0.717, 1.165) is 32.4 Å². The molecule has 2 fully saturated rings. The standard InChI is InChI=1S/C18H30N4O3S/c1-13-5-4-8-22(11-13)26(24,25)15-9-17(21(3)12-15)18(23)20-16-6-7-19-10-14(16)2/h9,12-14,16,19H,4-8,10-11H2,1-3H3,(H,20,23). The van der Waals surface area contributed by atoms with Crippen LogP contribution in [0, 0.1) is 11.8 Å². The molecule has 3 heterocycles. The molecule has 0 saturated carbocycles. The maximum absolute atomic E-state index is 12.9. The van der Waals surface area contributed by atoms with Gasteiger partial charge in [0, 0.05) is 32.4 Å². The zero-order valence-corrected chi connectivity index (χ0v) is 16.7. The molecule has 3 atom stereocenters. The Balaban J connectivity index is 1.76. The van der Waals surface area contributed by atoms with Crippen molar-refractivity contribution in [2.75, 3.05) is 26.2 Å². The van der Waals surface area contributed by atoms with Crippen LogP contribution in [0.1, 0.15) is 43.6 Å². The zero-order chi connectivity index (χ0) is 18.9. The van der Waals surface area contributed by atoms with Crippen molar-refractivity contribution >= 4 is 15.9 Å². The summed E-state index contributed by atoms with van der Waals surface area (Å²) < 4.78 is 29.0. The van der Waals surface area contributed by atoms with Crippen LogP contribution in [0.5, 0.6) is 0 Å². The smallest absolute Gasteiger partial charge is 0.268 e. The molecule has 2 aliphatic rings. The first-order valence-electron chi connectivity index (χ1n) is 9.47. The first kappa shape index (κ1) is 19.4. The Morgan fingerprint density at radius 1 is 1.31 bits per heavy atom. The van der Waals surface area contributed by atoms with Gasteiger partial charge in [0.15, 0.2) is 0 Å². The van der Waals surface area contributed by atoms with E-state index in [1.807, 2.05) is 0 Å². The van der Waals surface area contributed by atoms with Crippen molar-refractivity contribution < 1.29 is 13.2 Å². The van der Waals surface area contributed by atoms with E-state index in [-0.39, 0.29) is 16.8 Å². The minimum atomic E-state index is -3.55. The Labute approximate surface area is 156 Å². The number of aromatic nitrogens is 1. The summed E-state index contributed by atoms with van der Waals surface area (Å²) in [6.07, 6.45) is 4.38. The Morgan fingerprint density at radius 3 is 2.77 bits per heavy atom. The monoisotopic (exact) mass is 382 g/mol. The highest BCUT2D eigenvalue weighted by Crippen LogP contribution is 2.24. The number of piperidine rings is 2. The summed E-state index contributed by atoms with van der Waals surface area (Å²) in [5, 5.41) is 6.38. The van der Waals surface area contributed by atoms with Gasteiger partial charge in [0.25, 0.3) is 5.91 Å². The lowest BCUT2D eigenvalue weighted by atomic mass is 9.95. The summed E-state index contributed by atoms with van der Waals surface area (Å²) in [6.45, 7) is 7.04. The number of rotatable bonds is 4. The van der Waals surface area contributed by atoms with Gasteiger partial charge in [0.1, 0.15) is 10.6 Å². The van der Waals surface area contributed by atoms with Gasteiger partial charge in [-0.1, -0.05) is 13.8 Å². The molecule has 3 rings (SSSR count). The first-order valence-corrected chi connectivity index (χ1v) is 10.9. The second-order valence-electron chi connectivity index (χ2n) is 7.83. The summed E-state index contributed by atoms with van der Waals surface area (Å²) in [5.41, 5.74) is 0.388. The van der Waals surface area contributed by atoms with E-state index in [2.05, 4.69) is 24.5 Å². The molecule has 2 aliphatic heterocycles. The van der Waals surface area contributed by atoms with Crippen molar-refractivity contribution in [2.24, 2.45) is 18.9 Å². The molecule has 1 amide bonds. The second-order valence-corrected chi connectivity index (χ2v) is 9.77. The van der Waals surface area contributed by atoms with Gasteiger partial charge >= 0.3 is 0 Å². The Morgan fingerprint density at radius 2 is 2.08 bits per heavy atom. The van der Waals surface area contributed by atoms with Gasteiger partial charge < -0.3 is 15.2 Å². The van der Waals surface area contributed by atoms with Gasteiger partial charge in [-0.3, -0.25) is 4.79 Å². The highest BCUT2D eigenvalue weighted by atomic mass is 32.2. The van der Waals surface area contributed by atoms with Crippen LogP contribution in [-0.4, -0.2) is 55.4 Å². The van der Waals surface area contributed by atoms with Crippen LogP contribution < -0.4 is 10.6 Å². The fraction of sp³-hybridized carbons (Fsp3) is 0.722. The molecule has 2 N–H and O–H groups in total. The largest absolute Gasteiger partial charge is 0.348 e. The van der Waals surface area contributed by atoms with Crippen LogP contribution in [0.15, 0.2) is 17.2 Å².